The molecule has 1 unspecified atom stereocenters. The zero-order valence-electron chi connectivity index (χ0n) is 18.6. The molecular weight excluding hydrogens is 340 g/mol. The van der Waals surface area contributed by atoms with E-state index in [0.29, 0.717) is 32.0 Å². The summed E-state index contributed by atoms with van der Waals surface area (Å²) in [5.41, 5.74) is 0.241. The van der Waals surface area contributed by atoms with Gasteiger partial charge < -0.3 is 9.47 Å². The lowest BCUT2D eigenvalue weighted by atomic mass is 9.86. The molecule has 0 bridgehead atoms. The Morgan fingerprint density at radius 3 is 1.85 bits per heavy atom. The molecule has 0 saturated heterocycles. The third-order valence-electron chi connectivity index (χ3n) is 4.51. The number of carbonyl (C=O) groups excluding carboxylic acids is 2. The largest absolute Gasteiger partial charge is 0.466 e. The number of rotatable bonds is 16. The first-order chi connectivity index (χ1) is 12.7. The first-order valence-corrected chi connectivity index (χ1v) is 11.1. The minimum Gasteiger partial charge on any atom is -0.466 e. The maximum absolute atomic E-state index is 11.7. The summed E-state index contributed by atoms with van der Waals surface area (Å²) in [6.45, 7) is 11.8. The molecule has 0 N–H and O–H groups in total. The van der Waals surface area contributed by atoms with Gasteiger partial charge in [-0.3, -0.25) is 9.59 Å². The number of hydrogen-bond acceptors (Lipinski definition) is 4. The number of ether oxygens (including phenoxy) is 2. The van der Waals surface area contributed by atoms with Gasteiger partial charge in [-0.15, -0.1) is 0 Å². The molecule has 0 aromatic rings. The molecule has 0 amide bonds. The van der Waals surface area contributed by atoms with Gasteiger partial charge in [-0.2, -0.15) is 0 Å². The van der Waals surface area contributed by atoms with E-state index in [1.165, 1.54) is 38.5 Å². The van der Waals surface area contributed by atoms with E-state index in [1.54, 1.807) is 0 Å². The summed E-state index contributed by atoms with van der Waals surface area (Å²) >= 11 is 0. The van der Waals surface area contributed by atoms with Gasteiger partial charge in [-0.25, -0.2) is 0 Å². The third kappa shape index (κ3) is 19.5. The molecule has 0 aromatic carbocycles. The van der Waals surface area contributed by atoms with Crippen molar-refractivity contribution in [3.8, 4) is 0 Å². The van der Waals surface area contributed by atoms with E-state index in [0.717, 1.165) is 19.3 Å². The Kier molecular flexibility index (Phi) is 15.3. The Hall–Kier alpha value is -1.06. The standard InChI is InChI=1S/C23H44O4/c1-6-7-8-9-10-11-12-13-17-26-21(24)15-14-16-22(25)27-19-20(2)18-23(3,4)5/h20H,6-19H2,1-5H3. The molecule has 0 aromatic heterocycles. The van der Waals surface area contributed by atoms with Gasteiger partial charge >= 0.3 is 11.9 Å². The Bertz CT molecular complexity index is 384. The molecule has 0 saturated carbocycles. The SMILES string of the molecule is CCCCCCCCCCOC(=O)CCCC(=O)OCC(C)CC(C)(C)C. The monoisotopic (exact) mass is 384 g/mol. The highest BCUT2D eigenvalue weighted by atomic mass is 16.5. The summed E-state index contributed by atoms with van der Waals surface area (Å²) in [6, 6.07) is 0. The van der Waals surface area contributed by atoms with Crippen LogP contribution in [0, 0.1) is 11.3 Å². The molecule has 0 heterocycles. The fraction of sp³-hybridized carbons (Fsp3) is 0.913. The van der Waals surface area contributed by atoms with Gasteiger partial charge in [0.25, 0.3) is 0 Å². The molecule has 0 spiro atoms. The molecule has 27 heavy (non-hydrogen) atoms. The number of carbonyl (C=O) groups is 2. The van der Waals surface area contributed by atoms with Gasteiger partial charge in [0.1, 0.15) is 0 Å². The van der Waals surface area contributed by atoms with Gasteiger partial charge in [0, 0.05) is 12.8 Å². The van der Waals surface area contributed by atoms with Crippen molar-refractivity contribution in [2.75, 3.05) is 13.2 Å². The van der Waals surface area contributed by atoms with Crippen LogP contribution in [-0.4, -0.2) is 25.2 Å². The summed E-state index contributed by atoms with van der Waals surface area (Å²) in [4.78, 5) is 23.4. The Balaban J connectivity index is 3.51. The van der Waals surface area contributed by atoms with Crippen LogP contribution in [0.15, 0.2) is 0 Å². The van der Waals surface area contributed by atoms with Crippen LogP contribution in [0.1, 0.15) is 112 Å². The second kappa shape index (κ2) is 15.9. The Morgan fingerprint density at radius 1 is 0.778 bits per heavy atom. The average molecular weight is 385 g/mol. The average Bonchev–Trinajstić information content (AvgIpc) is 2.57. The highest BCUT2D eigenvalue weighted by Crippen LogP contribution is 2.24. The molecule has 160 valence electrons. The maximum Gasteiger partial charge on any atom is 0.305 e. The molecule has 0 fully saturated rings. The molecule has 0 aliphatic heterocycles. The van der Waals surface area contributed by atoms with Crippen molar-refractivity contribution in [3.63, 3.8) is 0 Å². The van der Waals surface area contributed by atoms with Crippen LogP contribution >= 0.6 is 0 Å². The molecule has 4 heteroatoms. The van der Waals surface area contributed by atoms with Gasteiger partial charge in [-0.05, 0) is 30.6 Å². The predicted octanol–water partition coefficient (Wildman–Crippen LogP) is 6.46. The van der Waals surface area contributed by atoms with E-state index in [4.69, 9.17) is 9.47 Å². The summed E-state index contributed by atoms with van der Waals surface area (Å²) in [6.07, 6.45) is 11.9. The van der Waals surface area contributed by atoms with Gasteiger partial charge in [0.15, 0.2) is 0 Å². The summed E-state index contributed by atoms with van der Waals surface area (Å²) in [5, 5.41) is 0. The highest BCUT2D eigenvalue weighted by Gasteiger charge is 2.16. The van der Waals surface area contributed by atoms with Gasteiger partial charge in [-0.1, -0.05) is 79.6 Å². The van der Waals surface area contributed by atoms with Crippen molar-refractivity contribution in [1.29, 1.82) is 0 Å². The van der Waals surface area contributed by atoms with Crippen molar-refractivity contribution in [2.45, 2.75) is 112 Å². The molecule has 0 aliphatic rings. The zero-order chi connectivity index (χ0) is 20.5. The first kappa shape index (κ1) is 25.9. The van der Waals surface area contributed by atoms with Crippen LogP contribution in [-0.2, 0) is 19.1 Å². The topological polar surface area (TPSA) is 52.6 Å². The molecule has 0 rings (SSSR count). The highest BCUT2D eigenvalue weighted by molar-refractivity contribution is 5.72. The van der Waals surface area contributed by atoms with E-state index in [9.17, 15) is 9.59 Å². The van der Waals surface area contributed by atoms with Crippen molar-refractivity contribution < 1.29 is 19.1 Å². The summed E-state index contributed by atoms with van der Waals surface area (Å²) in [5.74, 6) is -0.0657. The minimum absolute atomic E-state index is 0.202. The smallest absolute Gasteiger partial charge is 0.305 e. The van der Waals surface area contributed by atoms with Crippen LogP contribution in [0.5, 0.6) is 0 Å². The fourth-order valence-corrected chi connectivity index (χ4v) is 3.28. The molecule has 0 aliphatic carbocycles. The second-order valence-electron chi connectivity index (χ2n) is 9.10. The van der Waals surface area contributed by atoms with Crippen molar-refractivity contribution in [2.24, 2.45) is 11.3 Å². The lowest BCUT2D eigenvalue weighted by molar-refractivity contribution is -0.146. The lowest BCUT2D eigenvalue weighted by Crippen LogP contribution is -2.17. The van der Waals surface area contributed by atoms with Crippen LogP contribution in [0.25, 0.3) is 0 Å². The maximum atomic E-state index is 11.7. The van der Waals surface area contributed by atoms with Gasteiger partial charge in [0.2, 0.25) is 0 Å². The normalized spacial score (nSPS) is 12.6. The zero-order valence-corrected chi connectivity index (χ0v) is 18.6. The minimum atomic E-state index is -0.216. The number of unbranched alkanes of at least 4 members (excludes halogenated alkanes) is 7. The molecule has 0 radical (unpaired) electrons. The van der Waals surface area contributed by atoms with Crippen LogP contribution in [0.2, 0.25) is 0 Å². The second-order valence-corrected chi connectivity index (χ2v) is 9.10. The quantitative estimate of drug-likeness (QED) is 0.226. The van der Waals surface area contributed by atoms with Gasteiger partial charge in [0.05, 0.1) is 13.2 Å². The molecule has 4 nitrogen and oxygen atoms in total. The van der Waals surface area contributed by atoms with E-state index in [1.807, 2.05) is 0 Å². The van der Waals surface area contributed by atoms with E-state index in [2.05, 4.69) is 34.6 Å². The lowest BCUT2D eigenvalue weighted by Gasteiger charge is -2.22. The fourth-order valence-electron chi connectivity index (χ4n) is 3.28. The van der Waals surface area contributed by atoms with E-state index >= 15 is 0 Å². The van der Waals surface area contributed by atoms with E-state index < -0.39 is 0 Å². The number of esters is 2. The van der Waals surface area contributed by atoms with Crippen LogP contribution < -0.4 is 0 Å². The predicted molar refractivity (Wildman–Crippen MR) is 112 cm³/mol. The Labute approximate surface area is 167 Å². The summed E-state index contributed by atoms with van der Waals surface area (Å²) in [7, 11) is 0. The van der Waals surface area contributed by atoms with Crippen molar-refractivity contribution in [3.05, 3.63) is 0 Å². The van der Waals surface area contributed by atoms with Crippen molar-refractivity contribution >= 4 is 11.9 Å². The molecular formula is C23H44O4. The van der Waals surface area contributed by atoms with Crippen molar-refractivity contribution in [1.82, 2.24) is 0 Å². The van der Waals surface area contributed by atoms with Crippen LogP contribution in [0.3, 0.4) is 0 Å². The first-order valence-electron chi connectivity index (χ1n) is 11.1. The number of hydrogen-bond donors (Lipinski definition) is 0. The Morgan fingerprint density at radius 2 is 1.30 bits per heavy atom. The molecule has 1 atom stereocenters. The third-order valence-corrected chi connectivity index (χ3v) is 4.51. The van der Waals surface area contributed by atoms with E-state index in [-0.39, 0.29) is 23.8 Å². The summed E-state index contributed by atoms with van der Waals surface area (Å²) < 4.78 is 10.5. The van der Waals surface area contributed by atoms with Crippen LogP contribution in [0.4, 0.5) is 0 Å².